The molecule has 0 amide bonds. The number of methoxy groups -OCH3 is 2. The Hall–Kier alpha value is -2.93. The molecule has 0 aliphatic heterocycles. The van der Waals surface area contributed by atoms with Crippen LogP contribution in [0.15, 0.2) is 52.9 Å². The Labute approximate surface area is 148 Å². The molecule has 0 bridgehead atoms. The molecule has 3 rings (SSSR count). The van der Waals surface area contributed by atoms with E-state index >= 15 is 0 Å². The van der Waals surface area contributed by atoms with Crippen LogP contribution < -0.4 is 14.9 Å². The third-order valence-corrected chi connectivity index (χ3v) is 4.15. The Morgan fingerprint density at radius 2 is 1.96 bits per heavy atom. The second-order valence-electron chi connectivity index (χ2n) is 5.01. The molecule has 7 heteroatoms. The number of benzene rings is 2. The Kier molecular flexibility index (Phi) is 5.25. The van der Waals surface area contributed by atoms with Gasteiger partial charge in [0.15, 0.2) is 17.3 Å². The van der Waals surface area contributed by atoms with Crippen LogP contribution in [0.5, 0.6) is 11.5 Å². The monoisotopic (exact) mass is 357 g/mol. The average Bonchev–Trinajstić information content (AvgIpc) is 3.11. The molecule has 1 heterocycles. The third kappa shape index (κ3) is 3.95. The summed E-state index contributed by atoms with van der Waals surface area (Å²) in [6.07, 6.45) is 1.49. The predicted molar refractivity (Wildman–Crippen MR) is 98.3 cm³/mol. The summed E-state index contributed by atoms with van der Waals surface area (Å²) in [5.41, 5.74) is 5.31. The lowest BCUT2D eigenvalue weighted by atomic mass is 10.2. The van der Waals surface area contributed by atoms with Crippen LogP contribution in [0.1, 0.15) is 5.56 Å². The highest BCUT2D eigenvalue weighted by Gasteiger charge is 2.11. The van der Waals surface area contributed by atoms with Crippen LogP contribution in [0.25, 0.3) is 11.3 Å². The van der Waals surface area contributed by atoms with Gasteiger partial charge in [0, 0.05) is 16.5 Å². The van der Waals surface area contributed by atoms with E-state index in [1.807, 2.05) is 35.7 Å². The number of nitrogens with zero attached hydrogens (tertiary/aromatic N) is 2. The number of rotatable bonds is 6. The van der Waals surface area contributed by atoms with Gasteiger partial charge in [-0.05, 0) is 12.1 Å². The number of aromatic nitrogens is 1. The topological polar surface area (TPSA) is 55.7 Å². The van der Waals surface area contributed by atoms with Crippen LogP contribution in [0.3, 0.4) is 0 Å². The number of hydrogen-bond acceptors (Lipinski definition) is 6. The van der Waals surface area contributed by atoms with Gasteiger partial charge >= 0.3 is 0 Å². The van der Waals surface area contributed by atoms with E-state index in [4.69, 9.17) is 9.47 Å². The molecule has 0 spiro atoms. The highest BCUT2D eigenvalue weighted by atomic mass is 32.1. The Morgan fingerprint density at radius 3 is 2.68 bits per heavy atom. The van der Waals surface area contributed by atoms with E-state index in [-0.39, 0.29) is 5.75 Å². The summed E-state index contributed by atoms with van der Waals surface area (Å²) in [6.45, 7) is 0. The lowest BCUT2D eigenvalue weighted by molar-refractivity contribution is 0.337. The highest BCUT2D eigenvalue weighted by Crippen LogP contribution is 2.31. The van der Waals surface area contributed by atoms with Crippen LogP contribution in [-0.4, -0.2) is 25.4 Å². The van der Waals surface area contributed by atoms with Crippen molar-refractivity contribution in [1.82, 2.24) is 4.98 Å². The zero-order valence-corrected chi connectivity index (χ0v) is 14.5. The molecule has 2 aromatic carbocycles. The van der Waals surface area contributed by atoms with Crippen molar-refractivity contribution in [2.24, 2.45) is 5.10 Å². The van der Waals surface area contributed by atoms with Gasteiger partial charge < -0.3 is 9.47 Å². The first kappa shape index (κ1) is 16.9. The molecule has 0 aliphatic carbocycles. The number of hydrogen-bond donors (Lipinski definition) is 1. The van der Waals surface area contributed by atoms with Gasteiger partial charge in [0.2, 0.25) is 5.13 Å². The first-order valence-corrected chi connectivity index (χ1v) is 8.30. The van der Waals surface area contributed by atoms with Crippen molar-refractivity contribution in [2.45, 2.75) is 0 Å². The fourth-order valence-corrected chi connectivity index (χ4v) is 2.91. The predicted octanol–water partition coefficient (Wildman–Crippen LogP) is 4.41. The van der Waals surface area contributed by atoms with Crippen LogP contribution in [0.4, 0.5) is 9.52 Å². The van der Waals surface area contributed by atoms with Crippen LogP contribution in [-0.2, 0) is 0 Å². The quantitative estimate of drug-likeness (QED) is 0.524. The van der Waals surface area contributed by atoms with Crippen LogP contribution in [0.2, 0.25) is 0 Å². The molecular weight excluding hydrogens is 341 g/mol. The van der Waals surface area contributed by atoms with Gasteiger partial charge in [-0.1, -0.05) is 30.3 Å². The van der Waals surface area contributed by atoms with Gasteiger partial charge in [-0.15, -0.1) is 11.3 Å². The smallest absolute Gasteiger partial charge is 0.203 e. The molecule has 0 saturated carbocycles. The molecule has 0 atom stereocenters. The molecule has 0 saturated heterocycles. The van der Waals surface area contributed by atoms with E-state index in [2.05, 4.69) is 15.5 Å². The molecule has 1 N–H and O–H groups in total. The van der Waals surface area contributed by atoms with E-state index in [9.17, 15) is 4.39 Å². The second kappa shape index (κ2) is 7.76. The van der Waals surface area contributed by atoms with Gasteiger partial charge in [0.05, 0.1) is 26.1 Å². The largest absolute Gasteiger partial charge is 0.493 e. The SMILES string of the molecule is COc1cc(C=NNc2nc(-c3ccccc3)cs2)cc(F)c1OC. The van der Waals surface area contributed by atoms with Gasteiger partial charge in [-0.25, -0.2) is 9.37 Å². The first-order chi connectivity index (χ1) is 12.2. The standard InChI is InChI=1S/C18H16FN3O2S/c1-23-16-9-12(8-14(19)17(16)24-2)10-20-22-18-21-15(11-25-18)13-6-4-3-5-7-13/h3-11H,1-2H3,(H,21,22). The number of ether oxygens (including phenoxy) is 2. The van der Waals surface area contributed by atoms with Crippen molar-refractivity contribution in [3.8, 4) is 22.8 Å². The van der Waals surface area contributed by atoms with Crippen molar-refractivity contribution in [3.63, 3.8) is 0 Å². The van der Waals surface area contributed by atoms with Gasteiger partial charge in [-0.2, -0.15) is 5.10 Å². The zero-order chi connectivity index (χ0) is 17.6. The van der Waals surface area contributed by atoms with E-state index in [0.29, 0.717) is 16.4 Å². The third-order valence-electron chi connectivity index (χ3n) is 3.40. The normalized spacial score (nSPS) is 10.8. The van der Waals surface area contributed by atoms with Crippen molar-refractivity contribution >= 4 is 22.7 Å². The summed E-state index contributed by atoms with van der Waals surface area (Å²) < 4.78 is 24.0. The van der Waals surface area contributed by atoms with Crippen LogP contribution >= 0.6 is 11.3 Å². The maximum atomic E-state index is 13.9. The molecule has 0 aliphatic rings. The number of anilines is 1. The molecular formula is C18H16FN3O2S. The highest BCUT2D eigenvalue weighted by molar-refractivity contribution is 7.14. The number of halogens is 1. The molecule has 25 heavy (non-hydrogen) atoms. The summed E-state index contributed by atoms with van der Waals surface area (Å²) >= 11 is 1.44. The maximum Gasteiger partial charge on any atom is 0.203 e. The van der Waals surface area contributed by atoms with Crippen molar-refractivity contribution in [2.75, 3.05) is 19.6 Å². The number of thiazole rings is 1. The molecule has 0 fully saturated rings. The first-order valence-electron chi connectivity index (χ1n) is 7.43. The fourth-order valence-electron chi connectivity index (χ4n) is 2.24. The lowest BCUT2D eigenvalue weighted by Gasteiger charge is -2.08. The molecule has 0 radical (unpaired) electrons. The van der Waals surface area contributed by atoms with Crippen LogP contribution in [0, 0.1) is 5.82 Å². The average molecular weight is 357 g/mol. The molecule has 3 aromatic rings. The van der Waals surface area contributed by atoms with Crippen molar-refractivity contribution in [3.05, 3.63) is 59.2 Å². The van der Waals surface area contributed by atoms with Gasteiger partial charge in [0.25, 0.3) is 0 Å². The summed E-state index contributed by atoms with van der Waals surface area (Å²) in [4.78, 5) is 4.47. The lowest BCUT2D eigenvalue weighted by Crippen LogP contribution is -1.97. The Bertz CT molecular complexity index is 881. The minimum Gasteiger partial charge on any atom is -0.493 e. The molecule has 0 unspecified atom stereocenters. The molecule has 128 valence electrons. The fraction of sp³-hybridized carbons (Fsp3) is 0.111. The number of hydrazone groups is 1. The van der Waals surface area contributed by atoms with E-state index in [0.717, 1.165) is 11.3 Å². The minimum absolute atomic E-state index is 0.0695. The number of nitrogens with one attached hydrogen (secondary N) is 1. The Morgan fingerprint density at radius 1 is 1.16 bits per heavy atom. The summed E-state index contributed by atoms with van der Waals surface area (Å²) in [5.74, 6) is -0.131. The van der Waals surface area contributed by atoms with E-state index in [1.54, 1.807) is 6.07 Å². The van der Waals surface area contributed by atoms with Gasteiger partial charge in [0.1, 0.15) is 0 Å². The van der Waals surface area contributed by atoms with Crippen molar-refractivity contribution in [1.29, 1.82) is 0 Å². The van der Waals surface area contributed by atoms with Crippen molar-refractivity contribution < 1.29 is 13.9 Å². The van der Waals surface area contributed by atoms with E-state index in [1.165, 1.54) is 37.8 Å². The van der Waals surface area contributed by atoms with Gasteiger partial charge in [-0.3, -0.25) is 5.43 Å². The summed E-state index contributed by atoms with van der Waals surface area (Å²) in [5, 5.41) is 6.70. The summed E-state index contributed by atoms with van der Waals surface area (Å²) in [7, 11) is 2.85. The second-order valence-corrected chi connectivity index (χ2v) is 5.87. The molecule has 1 aromatic heterocycles. The summed E-state index contributed by atoms with van der Waals surface area (Å²) in [6, 6.07) is 12.8. The van der Waals surface area contributed by atoms with E-state index < -0.39 is 5.82 Å². The molecule has 5 nitrogen and oxygen atoms in total. The minimum atomic E-state index is -0.510. The maximum absolute atomic E-state index is 13.9. The Balaban J connectivity index is 1.72. The zero-order valence-electron chi connectivity index (χ0n) is 13.7.